The predicted molar refractivity (Wildman–Crippen MR) is 122 cm³/mol. The van der Waals surface area contributed by atoms with Crippen molar-refractivity contribution >= 4 is 28.5 Å². The molecule has 1 unspecified atom stereocenters. The number of ether oxygens (including phenoxy) is 2. The average Bonchev–Trinajstić information content (AvgIpc) is 3.13. The number of imidazole rings is 1. The lowest BCUT2D eigenvalue weighted by atomic mass is 10.1. The van der Waals surface area contributed by atoms with Crippen LogP contribution in [0, 0.1) is 0 Å². The Bertz CT molecular complexity index is 1260. The summed E-state index contributed by atoms with van der Waals surface area (Å²) in [5.41, 5.74) is 1.87. The van der Waals surface area contributed by atoms with Gasteiger partial charge in [0.05, 0.1) is 36.5 Å². The summed E-state index contributed by atoms with van der Waals surface area (Å²) in [4.78, 5) is 42.9. The van der Waals surface area contributed by atoms with Crippen LogP contribution in [0.1, 0.15) is 6.92 Å². The zero-order valence-electron chi connectivity index (χ0n) is 18.5. The number of amides is 2. The fourth-order valence-corrected chi connectivity index (χ4v) is 4.54. The number of hydrogen-bond donors (Lipinski definition) is 0. The van der Waals surface area contributed by atoms with E-state index in [2.05, 4.69) is 0 Å². The minimum Gasteiger partial charge on any atom is -0.476 e. The van der Waals surface area contributed by atoms with Crippen LogP contribution in [0.15, 0.2) is 53.3 Å². The van der Waals surface area contributed by atoms with Crippen LogP contribution >= 0.6 is 0 Å². The number of fused-ring (bicyclic) bond motifs is 2. The zero-order valence-corrected chi connectivity index (χ0v) is 18.5. The van der Waals surface area contributed by atoms with Gasteiger partial charge in [-0.3, -0.25) is 18.7 Å². The van der Waals surface area contributed by atoms with Crippen LogP contribution in [0.25, 0.3) is 11.0 Å². The zero-order chi connectivity index (χ0) is 22.9. The van der Waals surface area contributed by atoms with Crippen LogP contribution < -0.4 is 15.3 Å². The molecule has 172 valence electrons. The van der Waals surface area contributed by atoms with E-state index < -0.39 is 6.10 Å². The topological polar surface area (TPSA) is 86.0 Å². The van der Waals surface area contributed by atoms with Crippen molar-refractivity contribution in [3.8, 4) is 5.75 Å². The molecule has 1 fully saturated rings. The van der Waals surface area contributed by atoms with Crippen molar-refractivity contribution in [3.05, 3.63) is 59.0 Å². The van der Waals surface area contributed by atoms with Gasteiger partial charge < -0.3 is 19.3 Å². The van der Waals surface area contributed by atoms with Crippen molar-refractivity contribution in [2.24, 2.45) is 0 Å². The number of hydrogen-bond acceptors (Lipinski definition) is 5. The van der Waals surface area contributed by atoms with Crippen molar-refractivity contribution in [3.63, 3.8) is 0 Å². The smallest absolute Gasteiger partial charge is 0.329 e. The van der Waals surface area contributed by atoms with Crippen LogP contribution in [-0.4, -0.2) is 64.8 Å². The molecule has 0 N–H and O–H groups in total. The SMILES string of the molecule is CCn1c(=O)n(CC(=O)N2CC(C(=O)N3CCOCC3)Oc3ccccc32)c2ccccc21. The summed E-state index contributed by atoms with van der Waals surface area (Å²) in [6, 6.07) is 14.6. The molecular weight excluding hydrogens is 424 g/mol. The summed E-state index contributed by atoms with van der Waals surface area (Å²) in [6.45, 7) is 4.36. The standard InChI is InChI=1S/C24H26N4O5/c1-2-26-17-7-3-4-8-18(17)28(24(26)31)16-22(29)27-15-21(23(30)25-11-13-32-14-12-25)33-20-10-6-5-9-19(20)27/h3-10,21H,2,11-16H2,1H3. The third-order valence-corrected chi connectivity index (χ3v) is 6.21. The van der Waals surface area contributed by atoms with Gasteiger partial charge in [0.15, 0.2) is 6.10 Å². The second-order valence-corrected chi connectivity index (χ2v) is 8.12. The maximum atomic E-state index is 13.5. The number of morpholine rings is 1. The van der Waals surface area contributed by atoms with Gasteiger partial charge in [0.25, 0.3) is 5.91 Å². The van der Waals surface area contributed by atoms with Gasteiger partial charge in [0, 0.05) is 19.6 Å². The van der Waals surface area contributed by atoms with Gasteiger partial charge in [-0.05, 0) is 31.2 Å². The van der Waals surface area contributed by atoms with E-state index in [1.54, 1.807) is 26.5 Å². The van der Waals surface area contributed by atoms with Gasteiger partial charge in [-0.1, -0.05) is 24.3 Å². The van der Waals surface area contributed by atoms with E-state index in [-0.39, 0.29) is 30.6 Å². The van der Waals surface area contributed by atoms with E-state index in [1.807, 2.05) is 43.3 Å². The maximum Gasteiger partial charge on any atom is 0.329 e. The van der Waals surface area contributed by atoms with Gasteiger partial charge in [-0.15, -0.1) is 0 Å². The third kappa shape index (κ3) is 3.78. The number of rotatable bonds is 4. The van der Waals surface area contributed by atoms with Gasteiger partial charge in [-0.25, -0.2) is 4.79 Å². The lowest BCUT2D eigenvalue weighted by molar-refractivity contribution is -0.142. The van der Waals surface area contributed by atoms with Crippen molar-refractivity contribution in [1.82, 2.24) is 14.0 Å². The maximum absolute atomic E-state index is 13.5. The van der Waals surface area contributed by atoms with Gasteiger partial charge in [0.1, 0.15) is 12.3 Å². The van der Waals surface area contributed by atoms with E-state index in [0.717, 1.165) is 5.52 Å². The minimum absolute atomic E-state index is 0.0905. The molecule has 2 amide bonds. The van der Waals surface area contributed by atoms with Crippen LogP contribution in [0.3, 0.4) is 0 Å². The Balaban J connectivity index is 1.46. The van der Waals surface area contributed by atoms with E-state index in [4.69, 9.17) is 9.47 Å². The summed E-state index contributed by atoms with van der Waals surface area (Å²) in [5.74, 6) is 0.0454. The van der Waals surface area contributed by atoms with Gasteiger partial charge in [-0.2, -0.15) is 0 Å². The molecule has 3 heterocycles. The second-order valence-electron chi connectivity index (χ2n) is 8.12. The molecule has 0 aliphatic carbocycles. The highest BCUT2D eigenvalue weighted by Crippen LogP contribution is 2.34. The first-order valence-corrected chi connectivity index (χ1v) is 11.2. The predicted octanol–water partition coefficient (Wildman–Crippen LogP) is 1.48. The number of nitrogens with zero attached hydrogens (tertiary/aromatic N) is 4. The molecule has 33 heavy (non-hydrogen) atoms. The number of aromatic nitrogens is 2. The molecule has 5 rings (SSSR count). The summed E-state index contributed by atoms with van der Waals surface area (Å²) < 4.78 is 14.5. The number of aryl methyl sites for hydroxylation is 1. The quantitative estimate of drug-likeness (QED) is 0.601. The summed E-state index contributed by atoms with van der Waals surface area (Å²) in [6.07, 6.45) is -0.810. The normalized spacial score (nSPS) is 18.2. The molecule has 0 radical (unpaired) electrons. The van der Waals surface area contributed by atoms with E-state index in [9.17, 15) is 14.4 Å². The highest BCUT2D eigenvalue weighted by atomic mass is 16.5. The molecule has 1 saturated heterocycles. The molecule has 1 aromatic heterocycles. The Morgan fingerprint density at radius 2 is 1.64 bits per heavy atom. The molecule has 2 aliphatic rings. The molecule has 2 aromatic carbocycles. The number of carbonyl (C=O) groups excluding carboxylic acids is 2. The monoisotopic (exact) mass is 450 g/mol. The Labute approximate surface area is 190 Å². The van der Waals surface area contributed by atoms with Crippen LogP contribution in [0.5, 0.6) is 5.75 Å². The van der Waals surface area contributed by atoms with E-state index >= 15 is 0 Å². The highest BCUT2D eigenvalue weighted by Gasteiger charge is 2.36. The Hall–Kier alpha value is -3.59. The number of benzene rings is 2. The first-order valence-electron chi connectivity index (χ1n) is 11.2. The van der Waals surface area contributed by atoms with Gasteiger partial charge in [0.2, 0.25) is 5.91 Å². The van der Waals surface area contributed by atoms with Crippen molar-refractivity contribution in [2.45, 2.75) is 26.1 Å². The summed E-state index contributed by atoms with van der Waals surface area (Å²) in [5, 5.41) is 0. The van der Waals surface area contributed by atoms with E-state index in [0.29, 0.717) is 49.8 Å². The fraction of sp³-hybridized carbons (Fsp3) is 0.375. The molecule has 0 bridgehead atoms. The molecule has 2 aliphatic heterocycles. The minimum atomic E-state index is -0.810. The fourth-order valence-electron chi connectivity index (χ4n) is 4.54. The lowest BCUT2D eigenvalue weighted by Gasteiger charge is -2.37. The van der Waals surface area contributed by atoms with Crippen molar-refractivity contribution in [2.75, 3.05) is 37.7 Å². The summed E-state index contributed by atoms with van der Waals surface area (Å²) in [7, 11) is 0. The molecule has 9 nitrogen and oxygen atoms in total. The van der Waals surface area contributed by atoms with Crippen LogP contribution in [0.2, 0.25) is 0 Å². The Morgan fingerprint density at radius 1 is 0.970 bits per heavy atom. The second kappa shape index (κ2) is 8.74. The first-order chi connectivity index (χ1) is 16.1. The number of anilines is 1. The first kappa shape index (κ1) is 21.3. The van der Waals surface area contributed by atoms with Crippen LogP contribution in [0.4, 0.5) is 5.69 Å². The number of carbonyl (C=O) groups is 2. The van der Waals surface area contributed by atoms with E-state index in [1.165, 1.54) is 4.57 Å². The summed E-state index contributed by atoms with van der Waals surface area (Å²) >= 11 is 0. The molecule has 0 spiro atoms. The molecule has 0 saturated carbocycles. The van der Waals surface area contributed by atoms with Crippen LogP contribution in [-0.2, 0) is 27.4 Å². The lowest BCUT2D eigenvalue weighted by Crippen LogP contribution is -2.54. The molecular formula is C24H26N4O5. The van der Waals surface area contributed by atoms with Crippen molar-refractivity contribution < 1.29 is 19.1 Å². The molecule has 3 aromatic rings. The third-order valence-electron chi connectivity index (χ3n) is 6.21. The highest BCUT2D eigenvalue weighted by molar-refractivity contribution is 5.97. The molecule has 1 atom stereocenters. The largest absolute Gasteiger partial charge is 0.476 e. The Morgan fingerprint density at radius 3 is 2.36 bits per heavy atom. The molecule has 9 heteroatoms. The number of para-hydroxylation sites is 4. The Kier molecular flexibility index (Phi) is 5.63. The van der Waals surface area contributed by atoms with Gasteiger partial charge >= 0.3 is 5.69 Å². The van der Waals surface area contributed by atoms with Crippen molar-refractivity contribution in [1.29, 1.82) is 0 Å². The average molecular weight is 450 g/mol.